The predicted octanol–water partition coefficient (Wildman–Crippen LogP) is 1.27. The van der Waals surface area contributed by atoms with Gasteiger partial charge in [0.25, 0.3) is 0 Å². The van der Waals surface area contributed by atoms with Crippen LogP contribution in [0.2, 0.25) is 0 Å². The zero-order valence-electron chi connectivity index (χ0n) is 14.0. The molecule has 1 saturated heterocycles. The molecule has 2 aromatic carbocycles. The van der Waals surface area contributed by atoms with Gasteiger partial charge in [-0.05, 0) is 16.3 Å². The van der Waals surface area contributed by atoms with Gasteiger partial charge in [0.2, 0.25) is 11.8 Å². The molecule has 0 atom stereocenters. The molecule has 1 N–H and O–H groups in total. The Bertz CT molecular complexity index is 736. The van der Waals surface area contributed by atoms with Gasteiger partial charge in [-0.15, -0.1) is 0 Å². The number of nitrogens with zero attached hydrogens (tertiary/aromatic N) is 2. The Kier molecular flexibility index (Phi) is 5.11. The number of carbonyl (C=O) groups is 2. The molecule has 0 aromatic heterocycles. The fraction of sp³-hybridized carbons (Fsp3) is 0.368. The van der Waals surface area contributed by atoms with Gasteiger partial charge in [-0.25, -0.2) is 0 Å². The van der Waals surface area contributed by atoms with Crippen LogP contribution >= 0.6 is 0 Å². The molecule has 5 heteroatoms. The van der Waals surface area contributed by atoms with E-state index in [-0.39, 0.29) is 11.8 Å². The van der Waals surface area contributed by atoms with Crippen molar-refractivity contribution in [1.82, 2.24) is 15.1 Å². The fourth-order valence-corrected chi connectivity index (χ4v) is 3.07. The number of likely N-dealkylation sites (N-methyl/N-ethyl adjacent to an activating group) is 1. The maximum Gasteiger partial charge on any atom is 0.233 e. The van der Waals surface area contributed by atoms with Crippen LogP contribution in [0.1, 0.15) is 5.56 Å². The van der Waals surface area contributed by atoms with Crippen molar-refractivity contribution in [3.8, 4) is 0 Å². The maximum absolute atomic E-state index is 12.5. The number of hydrogen-bond acceptors (Lipinski definition) is 3. The summed E-state index contributed by atoms with van der Waals surface area (Å²) >= 11 is 0. The van der Waals surface area contributed by atoms with E-state index in [4.69, 9.17) is 0 Å². The lowest BCUT2D eigenvalue weighted by molar-refractivity contribution is -0.132. The molecule has 2 amide bonds. The normalized spacial score (nSPS) is 15.5. The zero-order valence-corrected chi connectivity index (χ0v) is 14.0. The number of rotatable bonds is 4. The van der Waals surface area contributed by atoms with Gasteiger partial charge < -0.3 is 10.2 Å². The average molecular weight is 325 g/mol. The minimum absolute atomic E-state index is 0.0194. The highest BCUT2D eigenvalue weighted by Gasteiger charge is 2.22. The lowest BCUT2D eigenvalue weighted by Crippen LogP contribution is -2.51. The summed E-state index contributed by atoms with van der Waals surface area (Å²) < 4.78 is 0. The third kappa shape index (κ3) is 3.92. The summed E-state index contributed by atoms with van der Waals surface area (Å²) in [6.07, 6.45) is 0.431. The molecule has 0 aliphatic carbocycles. The molecule has 126 valence electrons. The van der Waals surface area contributed by atoms with Crippen LogP contribution in [0.15, 0.2) is 42.5 Å². The molecule has 0 saturated carbocycles. The molecule has 24 heavy (non-hydrogen) atoms. The van der Waals surface area contributed by atoms with Crippen LogP contribution < -0.4 is 5.32 Å². The molecule has 1 aliphatic rings. The van der Waals surface area contributed by atoms with Gasteiger partial charge in [0.1, 0.15) is 0 Å². The van der Waals surface area contributed by atoms with Crippen LogP contribution in [-0.4, -0.2) is 61.4 Å². The molecule has 0 bridgehead atoms. The van der Waals surface area contributed by atoms with Gasteiger partial charge >= 0.3 is 0 Å². The van der Waals surface area contributed by atoms with Crippen molar-refractivity contribution in [2.24, 2.45) is 0 Å². The van der Waals surface area contributed by atoms with Gasteiger partial charge in [0.15, 0.2) is 0 Å². The first-order valence-electron chi connectivity index (χ1n) is 8.34. The van der Waals surface area contributed by atoms with Gasteiger partial charge in [0.05, 0.1) is 13.0 Å². The van der Waals surface area contributed by atoms with Gasteiger partial charge in [-0.3, -0.25) is 14.5 Å². The number of piperazine rings is 1. The first-order valence-corrected chi connectivity index (χ1v) is 8.34. The van der Waals surface area contributed by atoms with Gasteiger partial charge in [-0.1, -0.05) is 42.5 Å². The minimum Gasteiger partial charge on any atom is -0.358 e. The number of nitrogens with one attached hydrogen (secondary N) is 1. The van der Waals surface area contributed by atoms with E-state index in [1.54, 1.807) is 7.05 Å². The molecule has 0 unspecified atom stereocenters. The van der Waals surface area contributed by atoms with E-state index in [0.717, 1.165) is 24.0 Å². The third-order valence-corrected chi connectivity index (χ3v) is 4.54. The maximum atomic E-state index is 12.5. The Hall–Kier alpha value is -2.40. The minimum atomic E-state index is 0.0194. The van der Waals surface area contributed by atoms with Crippen molar-refractivity contribution in [1.29, 1.82) is 0 Å². The lowest BCUT2D eigenvalue weighted by atomic mass is 10.0. The van der Waals surface area contributed by atoms with Crippen molar-refractivity contribution < 1.29 is 9.59 Å². The topological polar surface area (TPSA) is 52.7 Å². The first kappa shape index (κ1) is 16.5. The molecule has 1 fully saturated rings. The molecule has 5 nitrogen and oxygen atoms in total. The number of carbonyl (C=O) groups excluding carboxylic acids is 2. The smallest absolute Gasteiger partial charge is 0.233 e. The summed E-state index contributed by atoms with van der Waals surface area (Å²) in [6.45, 7) is 3.27. The van der Waals surface area contributed by atoms with Crippen LogP contribution in [0.3, 0.4) is 0 Å². The Morgan fingerprint density at radius 2 is 1.71 bits per heavy atom. The second-order valence-electron chi connectivity index (χ2n) is 6.19. The van der Waals surface area contributed by atoms with Crippen molar-refractivity contribution in [3.05, 3.63) is 48.0 Å². The summed E-state index contributed by atoms with van der Waals surface area (Å²) in [4.78, 5) is 27.9. The fourth-order valence-electron chi connectivity index (χ4n) is 3.07. The first-order chi connectivity index (χ1) is 11.7. The van der Waals surface area contributed by atoms with Crippen molar-refractivity contribution in [2.75, 3.05) is 39.8 Å². The average Bonchev–Trinajstić information content (AvgIpc) is 2.62. The molecule has 0 spiro atoms. The molecule has 3 rings (SSSR count). The number of hydrogen-bond donors (Lipinski definition) is 1. The largest absolute Gasteiger partial charge is 0.358 e. The molecular formula is C19H23N3O2. The van der Waals surface area contributed by atoms with Crippen molar-refractivity contribution >= 4 is 22.6 Å². The SMILES string of the molecule is CNC(=O)CN1CCN(C(=O)Cc2ccc3ccccc3c2)CC1. The van der Waals surface area contributed by atoms with Crippen LogP contribution in [0.4, 0.5) is 0 Å². The summed E-state index contributed by atoms with van der Waals surface area (Å²) in [5, 5.41) is 4.99. The van der Waals surface area contributed by atoms with Crippen molar-refractivity contribution in [3.63, 3.8) is 0 Å². The van der Waals surface area contributed by atoms with Crippen LogP contribution in [0, 0.1) is 0 Å². The Balaban J connectivity index is 1.56. The highest BCUT2D eigenvalue weighted by Crippen LogP contribution is 2.16. The third-order valence-electron chi connectivity index (χ3n) is 4.54. The van der Waals surface area contributed by atoms with E-state index < -0.39 is 0 Å². The summed E-state index contributed by atoms with van der Waals surface area (Å²) in [5.41, 5.74) is 1.05. The molecular weight excluding hydrogens is 302 g/mol. The van der Waals surface area contributed by atoms with E-state index in [1.807, 2.05) is 23.1 Å². The van der Waals surface area contributed by atoms with E-state index in [9.17, 15) is 9.59 Å². The Morgan fingerprint density at radius 1 is 1.00 bits per heavy atom. The monoisotopic (exact) mass is 325 g/mol. The van der Waals surface area contributed by atoms with E-state index in [2.05, 4.69) is 34.5 Å². The van der Waals surface area contributed by atoms with Crippen LogP contribution in [-0.2, 0) is 16.0 Å². The summed E-state index contributed by atoms with van der Waals surface area (Å²) in [5.74, 6) is 0.177. The van der Waals surface area contributed by atoms with E-state index >= 15 is 0 Å². The Labute approximate surface area is 142 Å². The van der Waals surface area contributed by atoms with E-state index in [0.29, 0.717) is 26.1 Å². The highest BCUT2D eigenvalue weighted by molar-refractivity contribution is 5.85. The Morgan fingerprint density at radius 3 is 2.42 bits per heavy atom. The molecule has 1 heterocycles. The second kappa shape index (κ2) is 7.45. The summed E-state index contributed by atoms with van der Waals surface area (Å²) in [6, 6.07) is 14.4. The lowest BCUT2D eigenvalue weighted by Gasteiger charge is -2.34. The number of benzene rings is 2. The van der Waals surface area contributed by atoms with Crippen LogP contribution in [0.25, 0.3) is 10.8 Å². The standard InChI is InChI=1S/C19H23N3O2/c1-20-18(23)14-21-8-10-22(11-9-21)19(24)13-15-6-7-16-4-2-3-5-17(16)12-15/h2-7,12H,8-11,13-14H2,1H3,(H,20,23). The number of amides is 2. The second-order valence-corrected chi connectivity index (χ2v) is 6.19. The number of fused-ring (bicyclic) bond motifs is 1. The van der Waals surface area contributed by atoms with Crippen molar-refractivity contribution in [2.45, 2.75) is 6.42 Å². The highest BCUT2D eigenvalue weighted by atomic mass is 16.2. The van der Waals surface area contributed by atoms with E-state index in [1.165, 1.54) is 5.39 Å². The van der Waals surface area contributed by atoms with Gasteiger partial charge in [0, 0.05) is 33.2 Å². The molecule has 1 aliphatic heterocycles. The molecule has 0 radical (unpaired) electrons. The van der Waals surface area contributed by atoms with Gasteiger partial charge in [-0.2, -0.15) is 0 Å². The zero-order chi connectivity index (χ0) is 16.9. The quantitative estimate of drug-likeness (QED) is 0.921. The summed E-state index contributed by atoms with van der Waals surface area (Å²) in [7, 11) is 1.64. The predicted molar refractivity (Wildman–Crippen MR) is 94.7 cm³/mol. The molecule has 2 aromatic rings. The van der Waals surface area contributed by atoms with Crippen LogP contribution in [0.5, 0.6) is 0 Å².